The minimum atomic E-state index is -0.0739. The van der Waals surface area contributed by atoms with Gasteiger partial charge in [0.2, 0.25) is 0 Å². The Morgan fingerprint density at radius 2 is 2.00 bits per heavy atom. The van der Waals surface area contributed by atoms with Crippen molar-refractivity contribution >= 4 is 5.91 Å². The van der Waals surface area contributed by atoms with Crippen molar-refractivity contribution in [3.63, 3.8) is 0 Å². The number of piperidine rings is 1. The standard InChI is InChI=1S/C19H29N3O2/c23-19(17-11-18(24-21-17)15-8-9-15)20-16-7-4-10-22(13-16)12-14-5-2-1-3-6-14/h11,14-16H,1-10,12-13H2,(H,20,23). The Bertz CT molecular complexity index is 561. The van der Waals surface area contributed by atoms with Gasteiger partial charge in [0.05, 0.1) is 0 Å². The first-order valence-electron chi connectivity index (χ1n) is 9.78. The van der Waals surface area contributed by atoms with Gasteiger partial charge in [0, 0.05) is 31.1 Å². The molecule has 0 aromatic carbocycles. The summed E-state index contributed by atoms with van der Waals surface area (Å²) in [5, 5.41) is 7.13. The number of nitrogens with zero attached hydrogens (tertiary/aromatic N) is 2. The molecule has 1 aromatic heterocycles. The van der Waals surface area contributed by atoms with Crippen LogP contribution < -0.4 is 5.32 Å². The number of hydrogen-bond donors (Lipinski definition) is 1. The number of likely N-dealkylation sites (tertiary alicyclic amines) is 1. The largest absolute Gasteiger partial charge is 0.360 e. The van der Waals surface area contributed by atoms with E-state index in [9.17, 15) is 4.79 Å². The average Bonchev–Trinajstić information content (AvgIpc) is 3.33. The van der Waals surface area contributed by atoms with Crippen molar-refractivity contribution in [3.8, 4) is 0 Å². The van der Waals surface area contributed by atoms with Crippen LogP contribution in [0.25, 0.3) is 0 Å². The van der Waals surface area contributed by atoms with Crippen molar-refractivity contribution < 1.29 is 9.32 Å². The number of hydrogen-bond acceptors (Lipinski definition) is 4. The van der Waals surface area contributed by atoms with Crippen LogP contribution in [0, 0.1) is 5.92 Å². The lowest BCUT2D eigenvalue weighted by Gasteiger charge is -2.36. The third-order valence-corrected chi connectivity index (χ3v) is 5.82. The summed E-state index contributed by atoms with van der Waals surface area (Å²) in [4.78, 5) is 15.0. The van der Waals surface area contributed by atoms with Crippen molar-refractivity contribution in [2.24, 2.45) is 5.92 Å². The lowest BCUT2D eigenvalue weighted by atomic mass is 9.88. The monoisotopic (exact) mass is 331 g/mol. The second kappa shape index (κ2) is 7.26. The Morgan fingerprint density at radius 1 is 1.17 bits per heavy atom. The fraction of sp³-hybridized carbons (Fsp3) is 0.789. The molecule has 2 heterocycles. The van der Waals surface area contributed by atoms with E-state index in [1.54, 1.807) is 0 Å². The van der Waals surface area contributed by atoms with Crippen molar-refractivity contribution in [2.75, 3.05) is 19.6 Å². The summed E-state index contributed by atoms with van der Waals surface area (Å²) in [5.74, 6) is 2.17. The van der Waals surface area contributed by atoms with Crippen LogP contribution in [0.4, 0.5) is 0 Å². The molecule has 5 heteroatoms. The normalized spacial score (nSPS) is 26.4. The zero-order valence-corrected chi connectivity index (χ0v) is 14.5. The molecular weight excluding hydrogens is 302 g/mol. The molecule has 1 aliphatic heterocycles. The van der Waals surface area contributed by atoms with Crippen LogP contribution in [0.5, 0.6) is 0 Å². The van der Waals surface area contributed by atoms with Crippen LogP contribution in [-0.2, 0) is 0 Å². The molecule has 1 atom stereocenters. The smallest absolute Gasteiger partial charge is 0.273 e. The van der Waals surface area contributed by atoms with Crippen LogP contribution in [-0.4, -0.2) is 41.6 Å². The summed E-state index contributed by atoms with van der Waals surface area (Å²) in [6.07, 6.45) is 11.5. The summed E-state index contributed by atoms with van der Waals surface area (Å²) in [7, 11) is 0. The highest BCUT2D eigenvalue weighted by molar-refractivity contribution is 5.92. The minimum absolute atomic E-state index is 0.0739. The van der Waals surface area contributed by atoms with Crippen molar-refractivity contribution in [3.05, 3.63) is 17.5 Å². The van der Waals surface area contributed by atoms with E-state index in [1.165, 1.54) is 51.6 Å². The number of rotatable bonds is 5. The van der Waals surface area contributed by atoms with Gasteiger partial charge in [0.15, 0.2) is 5.69 Å². The average molecular weight is 331 g/mol. The minimum Gasteiger partial charge on any atom is -0.360 e. The van der Waals surface area contributed by atoms with Crippen LogP contribution in [0.15, 0.2) is 10.6 Å². The molecule has 132 valence electrons. The lowest BCUT2D eigenvalue weighted by Crippen LogP contribution is -2.49. The quantitative estimate of drug-likeness (QED) is 0.899. The van der Waals surface area contributed by atoms with Gasteiger partial charge in [-0.1, -0.05) is 24.4 Å². The summed E-state index contributed by atoms with van der Waals surface area (Å²) >= 11 is 0. The highest BCUT2D eigenvalue weighted by Gasteiger charge is 2.30. The molecule has 1 aromatic rings. The molecule has 1 N–H and O–H groups in total. The van der Waals surface area contributed by atoms with E-state index in [0.717, 1.165) is 37.5 Å². The molecule has 1 saturated heterocycles. The SMILES string of the molecule is O=C(NC1CCCN(CC2CCCCC2)C1)c1cc(C2CC2)on1. The van der Waals surface area contributed by atoms with Gasteiger partial charge >= 0.3 is 0 Å². The first kappa shape index (κ1) is 16.1. The molecule has 0 bridgehead atoms. The summed E-state index contributed by atoms with van der Waals surface area (Å²) in [6, 6.07) is 2.08. The highest BCUT2D eigenvalue weighted by Crippen LogP contribution is 2.40. The molecular formula is C19H29N3O2. The molecule has 3 fully saturated rings. The van der Waals surface area contributed by atoms with E-state index in [2.05, 4.69) is 15.4 Å². The molecule has 2 saturated carbocycles. The molecule has 0 radical (unpaired) electrons. The third-order valence-electron chi connectivity index (χ3n) is 5.82. The van der Waals surface area contributed by atoms with Crippen molar-refractivity contribution in [2.45, 2.75) is 69.7 Å². The van der Waals surface area contributed by atoms with Crippen LogP contribution in [0.2, 0.25) is 0 Å². The number of nitrogens with one attached hydrogen (secondary N) is 1. The van der Waals surface area contributed by atoms with Gasteiger partial charge in [-0.2, -0.15) is 0 Å². The van der Waals surface area contributed by atoms with Crippen LogP contribution in [0.3, 0.4) is 0 Å². The van der Waals surface area contributed by atoms with Gasteiger partial charge in [-0.25, -0.2) is 0 Å². The maximum Gasteiger partial charge on any atom is 0.273 e. The Morgan fingerprint density at radius 3 is 2.79 bits per heavy atom. The van der Waals surface area contributed by atoms with E-state index in [-0.39, 0.29) is 11.9 Å². The Hall–Kier alpha value is -1.36. The van der Waals surface area contributed by atoms with E-state index in [4.69, 9.17) is 4.52 Å². The van der Waals surface area contributed by atoms with Gasteiger partial charge in [0.1, 0.15) is 5.76 Å². The van der Waals surface area contributed by atoms with Gasteiger partial charge in [-0.3, -0.25) is 4.79 Å². The van der Waals surface area contributed by atoms with Crippen LogP contribution in [0.1, 0.15) is 80.0 Å². The topological polar surface area (TPSA) is 58.4 Å². The van der Waals surface area contributed by atoms with E-state index >= 15 is 0 Å². The molecule has 4 rings (SSSR count). The molecule has 3 aliphatic rings. The van der Waals surface area contributed by atoms with Crippen molar-refractivity contribution in [1.29, 1.82) is 0 Å². The van der Waals surface area contributed by atoms with E-state index in [1.807, 2.05) is 6.07 Å². The Labute approximate surface area is 144 Å². The molecule has 2 aliphatic carbocycles. The lowest BCUT2D eigenvalue weighted by molar-refractivity contribution is 0.0881. The molecule has 1 unspecified atom stereocenters. The second-order valence-electron chi connectivity index (χ2n) is 7.97. The zero-order chi connectivity index (χ0) is 16.4. The molecule has 1 amide bonds. The fourth-order valence-corrected chi connectivity index (χ4v) is 4.29. The number of carbonyl (C=O) groups excluding carboxylic acids is 1. The number of carbonyl (C=O) groups is 1. The maximum atomic E-state index is 12.4. The fourth-order valence-electron chi connectivity index (χ4n) is 4.29. The summed E-state index contributed by atoms with van der Waals surface area (Å²) in [6.45, 7) is 3.37. The zero-order valence-electron chi connectivity index (χ0n) is 14.5. The molecule has 24 heavy (non-hydrogen) atoms. The van der Waals surface area contributed by atoms with Gasteiger partial charge < -0.3 is 14.7 Å². The van der Waals surface area contributed by atoms with Crippen LogP contribution >= 0.6 is 0 Å². The second-order valence-corrected chi connectivity index (χ2v) is 7.97. The number of amides is 1. The first-order valence-corrected chi connectivity index (χ1v) is 9.78. The summed E-state index contributed by atoms with van der Waals surface area (Å²) in [5.41, 5.74) is 0.446. The Kier molecular flexibility index (Phi) is 4.88. The molecule has 0 spiro atoms. The van der Waals surface area contributed by atoms with Crippen molar-refractivity contribution in [1.82, 2.24) is 15.4 Å². The predicted octanol–water partition coefficient (Wildman–Crippen LogP) is 3.33. The highest BCUT2D eigenvalue weighted by atomic mass is 16.5. The third kappa shape index (κ3) is 4.00. The first-order chi connectivity index (χ1) is 11.8. The van der Waals surface area contributed by atoms with Gasteiger partial charge in [-0.05, 0) is 51.0 Å². The van der Waals surface area contributed by atoms with Gasteiger partial charge in [0.25, 0.3) is 5.91 Å². The summed E-state index contributed by atoms with van der Waals surface area (Å²) < 4.78 is 5.30. The van der Waals surface area contributed by atoms with Gasteiger partial charge in [-0.15, -0.1) is 0 Å². The Balaban J connectivity index is 1.27. The van der Waals surface area contributed by atoms with E-state index in [0.29, 0.717) is 11.6 Å². The maximum absolute atomic E-state index is 12.4. The molecule has 5 nitrogen and oxygen atoms in total. The van der Waals surface area contributed by atoms with E-state index < -0.39 is 0 Å². The predicted molar refractivity (Wildman–Crippen MR) is 92.0 cm³/mol. The number of aromatic nitrogens is 1.